The lowest BCUT2D eigenvalue weighted by molar-refractivity contribution is -0.122. The molecule has 78 valence electrons. The predicted octanol–water partition coefficient (Wildman–Crippen LogP) is -0.0459. The van der Waals surface area contributed by atoms with Crippen molar-refractivity contribution in [3.8, 4) is 0 Å². The molecule has 0 unspecified atom stereocenters. The number of aryl methyl sites for hydroxylation is 1. The highest BCUT2D eigenvalue weighted by molar-refractivity contribution is 5.75. The quantitative estimate of drug-likeness (QED) is 0.673. The Hall–Kier alpha value is -1.36. The zero-order valence-corrected chi connectivity index (χ0v) is 8.49. The highest BCUT2D eigenvalue weighted by atomic mass is 16.5. The summed E-state index contributed by atoms with van der Waals surface area (Å²) in [7, 11) is 1.60. The Morgan fingerprint density at radius 1 is 1.71 bits per heavy atom. The Balaban J connectivity index is 2.27. The van der Waals surface area contributed by atoms with E-state index in [1.165, 1.54) is 0 Å². The summed E-state index contributed by atoms with van der Waals surface area (Å²) in [6.45, 7) is 3.27. The fourth-order valence-corrected chi connectivity index (χ4v) is 1.05. The minimum Gasteiger partial charge on any atom is -0.383 e. The van der Waals surface area contributed by atoms with Crippen molar-refractivity contribution in [2.75, 3.05) is 20.3 Å². The molecule has 0 aliphatic carbocycles. The van der Waals surface area contributed by atoms with Crippen LogP contribution in [-0.4, -0.2) is 35.9 Å². The second-order valence-corrected chi connectivity index (χ2v) is 3.06. The number of ether oxygens (including phenoxy) is 1. The Morgan fingerprint density at radius 2 is 2.50 bits per heavy atom. The molecule has 1 rings (SSSR count). The molecule has 5 heteroatoms. The first-order chi connectivity index (χ1) is 6.72. The molecule has 0 aromatic carbocycles. The Morgan fingerprint density at radius 3 is 3.07 bits per heavy atom. The van der Waals surface area contributed by atoms with E-state index in [9.17, 15) is 4.79 Å². The van der Waals surface area contributed by atoms with Gasteiger partial charge in [0.2, 0.25) is 5.91 Å². The summed E-state index contributed by atoms with van der Waals surface area (Å²) in [5.41, 5.74) is 1.05. The number of aromatic nitrogens is 2. The van der Waals surface area contributed by atoms with E-state index in [0.29, 0.717) is 13.2 Å². The molecule has 0 spiro atoms. The van der Waals surface area contributed by atoms with Crippen LogP contribution in [0.2, 0.25) is 0 Å². The van der Waals surface area contributed by atoms with Crippen molar-refractivity contribution in [3.05, 3.63) is 18.0 Å². The Labute approximate surface area is 83.1 Å². The molecule has 0 atom stereocenters. The smallest absolute Gasteiger partial charge is 0.241 e. The van der Waals surface area contributed by atoms with Crippen molar-refractivity contribution in [1.29, 1.82) is 0 Å². The average molecular weight is 197 g/mol. The highest BCUT2D eigenvalue weighted by Gasteiger charge is 2.02. The number of carbonyl (C=O) groups excluding carboxylic acids is 1. The molecule has 0 fully saturated rings. The SMILES string of the molecule is COCCNC(=O)Cn1cc(C)cn1. The first kappa shape index (κ1) is 10.7. The number of nitrogens with one attached hydrogen (secondary N) is 1. The molecule has 0 aliphatic heterocycles. The van der Waals surface area contributed by atoms with Gasteiger partial charge in [0.1, 0.15) is 6.54 Å². The van der Waals surface area contributed by atoms with Crippen molar-refractivity contribution in [3.63, 3.8) is 0 Å². The maximum Gasteiger partial charge on any atom is 0.241 e. The second kappa shape index (κ2) is 5.39. The van der Waals surface area contributed by atoms with Crippen molar-refractivity contribution in [2.45, 2.75) is 13.5 Å². The monoisotopic (exact) mass is 197 g/mol. The van der Waals surface area contributed by atoms with E-state index >= 15 is 0 Å². The summed E-state index contributed by atoms with van der Waals surface area (Å²) in [5, 5.41) is 6.73. The normalized spacial score (nSPS) is 10.1. The van der Waals surface area contributed by atoms with Gasteiger partial charge in [-0.2, -0.15) is 5.10 Å². The number of carbonyl (C=O) groups is 1. The van der Waals surface area contributed by atoms with Crippen molar-refractivity contribution < 1.29 is 9.53 Å². The number of hydrogen-bond donors (Lipinski definition) is 1. The summed E-state index contributed by atoms with van der Waals surface area (Å²) in [6, 6.07) is 0. The van der Waals surface area contributed by atoms with Crippen LogP contribution in [0, 0.1) is 6.92 Å². The lowest BCUT2D eigenvalue weighted by Crippen LogP contribution is -2.30. The van der Waals surface area contributed by atoms with Gasteiger partial charge >= 0.3 is 0 Å². The lowest BCUT2D eigenvalue weighted by atomic mass is 10.4. The molecule has 1 N–H and O–H groups in total. The molecule has 1 aromatic heterocycles. The van der Waals surface area contributed by atoms with Crippen LogP contribution in [0.15, 0.2) is 12.4 Å². The Bertz CT molecular complexity index is 296. The molecule has 0 aliphatic rings. The molecule has 1 aromatic rings. The van der Waals surface area contributed by atoms with Gasteiger partial charge in [-0.1, -0.05) is 0 Å². The number of methoxy groups -OCH3 is 1. The molecule has 0 saturated carbocycles. The van der Waals surface area contributed by atoms with Gasteiger partial charge in [-0.3, -0.25) is 9.48 Å². The van der Waals surface area contributed by atoms with Gasteiger partial charge in [-0.05, 0) is 12.5 Å². The summed E-state index contributed by atoms with van der Waals surface area (Å²) >= 11 is 0. The molecule has 14 heavy (non-hydrogen) atoms. The third-order valence-corrected chi connectivity index (χ3v) is 1.70. The van der Waals surface area contributed by atoms with Crippen LogP contribution in [0.3, 0.4) is 0 Å². The molecule has 1 amide bonds. The average Bonchev–Trinajstić information content (AvgIpc) is 2.52. The maximum atomic E-state index is 11.3. The van der Waals surface area contributed by atoms with Gasteiger partial charge in [0.25, 0.3) is 0 Å². The summed E-state index contributed by atoms with van der Waals surface area (Å²) in [6.07, 6.45) is 3.55. The van der Waals surface area contributed by atoms with Gasteiger partial charge in [0.05, 0.1) is 12.8 Å². The zero-order chi connectivity index (χ0) is 10.4. The minimum absolute atomic E-state index is 0.0508. The molecule has 5 nitrogen and oxygen atoms in total. The van der Waals surface area contributed by atoms with Crippen LogP contribution in [0.4, 0.5) is 0 Å². The third kappa shape index (κ3) is 3.57. The van der Waals surface area contributed by atoms with Gasteiger partial charge < -0.3 is 10.1 Å². The summed E-state index contributed by atoms with van der Waals surface area (Å²) in [5.74, 6) is -0.0508. The zero-order valence-electron chi connectivity index (χ0n) is 8.49. The maximum absolute atomic E-state index is 11.3. The van der Waals surface area contributed by atoms with Crippen LogP contribution >= 0.6 is 0 Å². The topological polar surface area (TPSA) is 56.1 Å². The van der Waals surface area contributed by atoms with Gasteiger partial charge in [-0.25, -0.2) is 0 Å². The fraction of sp³-hybridized carbons (Fsp3) is 0.556. The van der Waals surface area contributed by atoms with Gasteiger partial charge in [0, 0.05) is 19.9 Å². The number of nitrogens with zero attached hydrogens (tertiary/aromatic N) is 2. The lowest BCUT2D eigenvalue weighted by Gasteiger charge is -2.03. The third-order valence-electron chi connectivity index (χ3n) is 1.70. The standard InChI is InChI=1S/C9H15N3O2/c1-8-5-11-12(6-8)7-9(13)10-3-4-14-2/h5-6H,3-4,7H2,1-2H3,(H,10,13). The highest BCUT2D eigenvalue weighted by Crippen LogP contribution is 1.93. The number of rotatable bonds is 5. The first-order valence-corrected chi connectivity index (χ1v) is 4.47. The van der Waals surface area contributed by atoms with E-state index in [0.717, 1.165) is 5.56 Å². The van der Waals surface area contributed by atoms with Crippen molar-refractivity contribution >= 4 is 5.91 Å². The predicted molar refractivity (Wildman–Crippen MR) is 51.8 cm³/mol. The molecule has 0 radical (unpaired) electrons. The molecule has 1 heterocycles. The van der Waals surface area contributed by atoms with Crippen LogP contribution in [-0.2, 0) is 16.1 Å². The molecule has 0 saturated heterocycles. The van der Waals surface area contributed by atoms with Crippen LogP contribution in [0.25, 0.3) is 0 Å². The molecule has 0 bridgehead atoms. The second-order valence-electron chi connectivity index (χ2n) is 3.06. The van der Waals surface area contributed by atoms with E-state index in [1.54, 1.807) is 18.0 Å². The largest absolute Gasteiger partial charge is 0.383 e. The van der Waals surface area contributed by atoms with Crippen LogP contribution in [0.1, 0.15) is 5.56 Å². The van der Waals surface area contributed by atoms with E-state index in [-0.39, 0.29) is 12.5 Å². The number of amides is 1. The van der Waals surface area contributed by atoms with Gasteiger partial charge in [-0.15, -0.1) is 0 Å². The Kier molecular flexibility index (Phi) is 4.12. The van der Waals surface area contributed by atoms with E-state index < -0.39 is 0 Å². The minimum atomic E-state index is -0.0508. The summed E-state index contributed by atoms with van der Waals surface area (Å²) in [4.78, 5) is 11.3. The fourth-order valence-electron chi connectivity index (χ4n) is 1.05. The van der Waals surface area contributed by atoms with Crippen LogP contribution < -0.4 is 5.32 Å². The number of hydrogen-bond acceptors (Lipinski definition) is 3. The van der Waals surface area contributed by atoms with E-state index in [1.807, 2.05) is 13.1 Å². The molecular formula is C9H15N3O2. The van der Waals surface area contributed by atoms with Crippen molar-refractivity contribution in [1.82, 2.24) is 15.1 Å². The summed E-state index contributed by atoms with van der Waals surface area (Å²) < 4.78 is 6.42. The van der Waals surface area contributed by atoms with Gasteiger partial charge in [0.15, 0.2) is 0 Å². The van der Waals surface area contributed by atoms with E-state index in [4.69, 9.17) is 4.74 Å². The first-order valence-electron chi connectivity index (χ1n) is 4.47. The van der Waals surface area contributed by atoms with E-state index in [2.05, 4.69) is 10.4 Å². The van der Waals surface area contributed by atoms with Crippen molar-refractivity contribution in [2.24, 2.45) is 0 Å². The molecular weight excluding hydrogens is 182 g/mol. The van der Waals surface area contributed by atoms with Crippen LogP contribution in [0.5, 0.6) is 0 Å².